The van der Waals surface area contributed by atoms with Crippen LogP contribution in [0.5, 0.6) is 0 Å². The molecule has 158 valence electrons. The first-order valence-corrected chi connectivity index (χ1v) is 9.86. The molecule has 1 aromatic carbocycles. The lowest BCUT2D eigenvalue weighted by atomic mass is 10.1. The van der Waals surface area contributed by atoms with Crippen molar-refractivity contribution in [2.45, 2.75) is 19.4 Å². The van der Waals surface area contributed by atoms with Crippen LogP contribution < -0.4 is 15.8 Å². The van der Waals surface area contributed by atoms with Gasteiger partial charge in [0.15, 0.2) is 5.69 Å². The van der Waals surface area contributed by atoms with Crippen LogP contribution in [0, 0.1) is 0 Å². The van der Waals surface area contributed by atoms with Gasteiger partial charge in [0, 0.05) is 46.7 Å². The predicted octanol–water partition coefficient (Wildman–Crippen LogP) is 2.79. The van der Waals surface area contributed by atoms with E-state index in [9.17, 15) is 13.6 Å². The molecule has 9 heteroatoms. The fourth-order valence-electron chi connectivity index (χ4n) is 3.67. The summed E-state index contributed by atoms with van der Waals surface area (Å²) in [5.41, 5.74) is 1.34. The van der Waals surface area contributed by atoms with Crippen molar-refractivity contribution in [2.24, 2.45) is 0 Å². The average molecular weight is 414 g/mol. The molecule has 3 aromatic rings. The zero-order valence-corrected chi connectivity index (χ0v) is 17.0. The summed E-state index contributed by atoms with van der Waals surface area (Å²) in [5.74, 6) is -2.43. The Hall–Kier alpha value is -3.07. The minimum absolute atomic E-state index is 0.359. The molecule has 1 fully saturated rings. The van der Waals surface area contributed by atoms with Gasteiger partial charge in [0.05, 0.1) is 22.9 Å². The fraction of sp³-hybridized carbons (Fsp3) is 0.381. The fourth-order valence-corrected chi connectivity index (χ4v) is 3.67. The number of aromatic nitrogens is 3. The first-order valence-electron chi connectivity index (χ1n) is 9.86. The van der Waals surface area contributed by atoms with Gasteiger partial charge in [-0.15, -0.1) is 0 Å². The van der Waals surface area contributed by atoms with Gasteiger partial charge in [-0.3, -0.25) is 9.69 Å². The van der Waals surface area contributed by atoms with Gasteiger partial charge < -0.3 is 15.2 Å². The van der Waals surface area contributed by atoms with Crippen molar-refractivity contribution >= 4 is 22.5 Å². The number of H-pyrrole nitrogens is 1. The quantitative estimate of drug-likeness (QED) is 0.669. The van der Waals surface area contributed by atoms with E-state index in [1.807, 2.05) is 31.4 Å². The van der Waals surface area contributed by atoms with Crippen LogP contribution in [0.15, 0.2) is 41.3 Å². The second kappa shape index (κ2) is 7.98. The van der Waals surface area contributed by atoms with Gasteiger partial charge >= 0.3 is 0 Å². The van der Waals surface area contributed by atoms with Gasteiger partial charge in [-0.2, -0.15) is 8.78 Å². The Morgan fingerprint density at radius 1 is 1.17 bits per heavy atom. The number of halogens is 2. The molecule has 2 aromatic heterocycles. The lowest BCUT2D eigenvalue weighted by Crippen LogP contribution is -2.46. The normalized spacial score (nSPS) is 15.5. The summed E-state index contributed by atoms with van der Waals surface area (Å²) >= 11 is 0. The lowest BCUT2D eigenvalue weighted by Gasteiger charge is -2.36. The van der Waals surface area contributed by atoms with Crippen molar-refractivity contribution in [1.82, 2.24) is 19.9 Å². The smallest absolute Gasteiger partial charge is 0.292 e. The first kappa shape index (κ1) is 20.2. The van der Waals surface area contributed by atoms with E-state index in [-0.39, 0.29) is 0 Å². The average Bonchev–Trinajstić information content (AvgIpc) is 2.73. The van der Waals surface area contributed by atoms with Crippen molar-refractivity contribution in [3.05, 3.63) is 58.1 Å². The van der Waals surface area contributed by atoms with E-state index in [2.05, 4.69) is 36.1 Å². The first-order chi connectivity index (χ1) is 14.3. The Labute approximate surface area is 172 Å². The maximum Gasteiger partial charge on any atom is 0.292 e. The Bertz CT molecular complexity index is 1090. The van der Waals surface area contributed by atoms with Gasteiger partial charge in [-0.05, 0) is 29.8 Å². The maximum absolute atomic E-state index is 13.5. The Kier molecular flexibility index (Phi) is 5.38. The largest absolute Gasteiger partial charge is 0.373 e. The summed E-state index contributed by atoms with van der Waals surface area (Å²) in [7, 11) is 1.84. The molecule has 0 amide bonds. The molecule has 3 heterocycles. The number of nitrogens with zero attached hydrogens (tertiary/aromatic N) is 4. The summed E-state index contributed by atoms with van der Waals surface area (Å²) in [4.78, 5) is 27.4. The second-order valence-corrected chi connectivity index (χ2v) is 7.57. The van der Waals surface area contributed by atoms with Gasteiger partial charge in [0.25, 0.3) is 11.5 Å². The number of benzene rings is 1. The number of fused-ring (bicyclic) bond motifs is 1. The van der Waals surface area contributed by atoms with E-state index < -0.39 is 17.2 Å². The number of nitrogens with one attached hydrogen (secondary N) is 2. The zero-order chi connectivity index (χ0) is 21.3. The number of rotatable bonds is 5. The minimum Gasteiger partial charge on any atom is -0.373 e. The molecule has 7 nitrogen and oxygen atoms in total. The topological polar surface area (TPSA) is 77.1 Å². The highest BCUT2D eigenvalue weighted by atomic mass is 19.3. The van der Waals surface area contributed by atoms with Crippen LogP contribution in [0.4, 0.5) is 20.3 Å². The van der Waals surface area contributed by atoms with E-state index in [1.165, 1.54) is 0 Å². The molecule has 0 atom stereocenters. The molecule has 0 unspecified atom stereocenters. The van der Waals surface area contributed by atoms with Crippen molar-refractivity contribution in [3.63, 3.8) is 0 Å². The summed E-state index contributed by atoms with van der Waals surface area (Å²) in [6.45, 7) is 4.95. The molecule has 30 heavy (non-hydrogen) atoms. The number of alkyl halides is 2. The van der Waals surface area contributed by atoms with Crippen LogP contribution in [0.2, 0.25) is 0 Å². The summed E-state index contributed by atoms with van der Waals surface area (Å²) in [6, 6.07) is 9.40. The van der Waals surface area contributed by atoms with Crippen LogP contribution in [0.25, 0.3) is 11.0 Å². The molecule has 0 spiro atoms. The van der Waals surface area contributed by atoms with Crippen molar-refractivity contribution in [2.75, 3.05) is 43.4 Å². The molecular formula is C21H24F2N6O. The van der Waals surface area contributed by atoms with E-state index in [0.29, 0.717) is 24.5 Å². The number of aromatic amines is 1. The Balaban J connectivity index is 1.43. The third-order valence-corrected chi connectivity index (χ3v) is 5.32. The van der Waals surface area contributed by atoms with Gasteiger partial charge in [0.2, 0.25) is 0 Å². The molecule has 2 N–H and O–H groups in total. The number of hydrogen-bond acceptors (Lipinski definition) is 6. The third-order valence-electron chi connectivity index (χ3n) is 5.32. The second-order valence-electron chi connectivity index (χ2n) is 7.57. The molecule has 1 saturated heterocycles. The van der Waals surface area contributed by atoms with Crippen LogP contribution in [-0.2, 0) is 12.5 Å². The molecule has 1 aliphatic rings. The van der Waals surface area contributed by atoms with Gasteiger partial charge in [-0.25, -0.2) is 9.97 Å². The van der Waals surface area contributed by atoms with E-state index in [4.69, 9.17) is 0 Å². The summed E-state index contributed by atoms with van der Waals surface area (Å²) < 4.78 is 27.0. The molecule has 0 saturated carbocycles. The highest BCUT2D eigenvalue weighted by Gasteiger charge is 2.30. The van der Waals surface area contributed by atoms with Crippen LogP contribution >= 0.6 is 0 Å². The molecule has 1 aliphatic heterocycles. The van der Waals surface area contributed by atoms with Crippen molar-refractivity contribution in [1.29, 1.82) is 0 Å². The Morgan fingerprint density at radius 2 is 1.93 bits per heavy atom. The standard InChI is InChI=1S/C21H24F2N6O/c1-21(22,23)19-20(30)27-17-11-14(3-5-16(17)26-19)13-28-7-9-29(10-8-28)15-4-6-18(24-2)25-12-15/h3-6,11-12H,7-10,13H2,1-2H3,(H,24,25)(H,27,30). The number of pyridine rings is 1. The lowest BCUT2D eigenvalue weighted by molar-refractivity contribution is 0.0115. The highest BCUT2D eigenvalue weighted by molar-refractivity contribution is 5.74. The number of piperazine rings is 1. The minimum atomic E-state index is -3.27. The predicted molar refractivity (Wildman–Crippen MR) is 113 cm³/mol. The molecule has 0 bridgehead atoms. The van der Waals surface area contributed by atoms with Crippen molar-refractivity contribution in [3.8, 4) is 0 Å². The van der Waals surface area contributed by atoms with Crippen LogP contribution in [0.1, 0.15) is 18.2 Å². The van der Waals surface area contributed by atoms with E-state index in [1.54, 1.807) is 6.07 Å². The number of hydrogen-bond donors (Lipinski definition) is 2. The highest BCUT2D eigenvalue weighted by Crippen LogP contribution is 2.24. The molecule has 0 aliphatic carbocycles. The molecule has 4 rings (SSSR count). The summed E-state index contributed by atoms with van der Waals surface area (Å²) in [5, 5.41) is 3.02. The SMILES string of the molecule is CNc1ccc(N2CCN(Cc3ccc4nc(C(C)(F)F)c(=O)[nH]c4c3)CC2)cn1. The molecular weight excluding hydrogens is 390 g/mol. The summed E-state index contributed by atoms with van der Waals surface area (Å²) in [6.07, 6.45) is 1.88. The van der Waals surface area contributed by atoms with Crippen LogP contribution in [0.3, 0.4) is 0 Å². The van der Waals surface area contributed by atoms with E-state index in [0.717, 1.165) is 43.2 Å². The third kappa shape index (κ3) is 4.25. The van der Waals surface area contributed by atoms with Crippen LogP contribution in [-0.4, -0.2) is 53.1 Å². The number of anilines is 2. The monoisotopic (exact) mass is 414 g/mol. The zero-order valence-electron chi connectivity index (χ0n) is 17.0. The van der Waals surface area contributed by atoms with Gasteiger partial charge in [-0.1, -0.05) is 6.07 Å². The van der Waals surface area contributed by atoms with Gasteiger partial charge in [0.1, 0.15) is 5.82 Å². The Morgan fingerprint density at radius 3 is 2.57 bits per heavy atom. The van der Waals surface area contributed by atoms with Crippen molar-refractivity contribution < 1.29 is 8.78 Å². The van der Waals surface area contributed by atoms with E-state index >= 15 is 0 Å². The maximum atomic E-state index is 13.5. The molecule has 0 radical (unpaired) electrons.